The molecule has 1 aromatic rings. The Balaban J connectivity index is 2.11. The van der Waals surface area contributed by atoms with Gasteiger partial charge in [-0.3, -0.25) is 4.79 Å². The number of Topliss-reactive ketones (excluding diaryl/α,β-unsaturated/α-hetero) is 1. The first-order valence-corrected chi connectivity index (χ1v) is 4.62. The van der Waals surface area contributed by atoms with Crippen LogP contribution >= 0.6 is 0 Å². The Bertz CT molecular complexity index is 334. The zero-order chi connectivity index (χ0) is 9.26. The first-order chi connectivity index (χ1) is 6.31. The van der Waals surface area contributed by atoms with Crippen LogP contribution in [-0.2, 0) is 6.54 Å². The van der Waals surface area contributed by atoms with Gasteiger partial charge in [-0.1, -0.05) is 6.08 Å². The number of rotatable bonds is 4. The third-order valence-corrected chi connectivity index (χ3v) is 2.32. The number of nitrogens with zero attached hydrogens (tertiary/aromatic N) is 1. The van der Waals surface area contributed by atoms with Crippen LogP contribution in [0.25, 0.3) is 0 Å². The third-order valence-electron chi connectivity index (χ3n) is 2.32. The molecule has 0 bridgehead atoms. The van der Waals surface area contributed by atoms with E-state index in [1.807, 2.05) is 29.1 Å². The Morgan fingerprint density at radius 3 is 3.08 bits per heavy atom. The molecular formula is C11H13NO. The van der Waals surface area contributed by atoms with Gasteiger partial charge in [0, 0.05) is 30.4 Å². The van der Waals surface area contributed by atoms with E-state index >= 15 is 0 Å². The van der Waals surface area contributed by atoms with Crippen molar-refractivity contribution in [2.75, 3.05) is 0 Å². The van der Waals surface area contributed by atoms with Crippen LogP contribution in [0.2, 0.25) is 0 Å². The second-order valence-electron chi connectivity index (χ2n) is 3.52. The molecule has 0 N–H and O–H groups in total. The number of hydrogen-bond acceptors (Lipinski definition) is 1. The molecule has 2 rings (SSSR count). The van der Waals surface area contributed by atoms with Crippen LogP contribution in [-0.4, -0.2) is 10.4 Å². The molecule has 2 heteroatoms. The maximum atomic E-state index is 11.6. The van der Waals surface area contributed by atoms with Gasteiger partial charge in [0.2, 0.25) is 0 Å². The minimum Gasteiger partial charge on any atom is -0.350 e. The standard InChI is InChI=1S/C11H13NO/c1-2-6-12-7-5-10(8-12)11(13)9-3-4-9/h2,5,7-9H,1,3-4,6H2. The molecule has 1 fully saturated rings. The molecule has 0 amide bonds. The molecule has 1 aliphatic rings. The Labute approximate surface area is 77.9 Å². The highest BCUT2D eigenvalue weighted by Gasteiger charge is 2.30. The van der Waals surface area contributed by atoms with E-state index in [-0.39, 0.29) is 0 Å². The van der Waals surface area contributed by atoms with Crippen molar-refractivity contribution >= 4 is 5.78 Å². The van der Waals surface area contributed by atoms with Gasteiger partial charge in [-0.2, -0.15) is 0 Å². The molecule has 0 atom stereocenters. The summed E-state index contributed by atoms with van der Waals surface area (Å²) in [5.74, 6) is 0.627. The quantitative estimate of drug-likeness (QED) is 0.508. The van der Waals surface area contributed by atoms with Crippen molar-refractivity contribution in [3.05, 3.63) is 36.7 Å². The van der Waals surface area contributed by atoms with Crippen molar-refractivity contribution < 1.29 is 4.79 Å². The van der Waals surface area contributed by atoms with Crippen LogP contribution in [0.1, 0.15) is 23.2 Å². The smallest absolute Gasteiger partial charge is 0.167 e. The van der Waals surface area contributed by atoms with Crippen molar-refractivity contribution in [1.82, 2.24) is 4.57 Å². The van der Waals surface area contributed by atoms with E-state index in [0.717, 1.165) is 24.9 Å². The summed E-state index contributed by atoms with van der Waals surface area (Å²) >= 11 is 0. The van der Waals surface area contributed by atoms with Crippen LogP contribution < -0.4 is 0 Å². The zero-order valence-corrected chi connectivity index (χ0v) is 7.57. The van der Waals surface area contributed by atoms with E-state index in [1.165, 1.54) is 0 Å². The Morgan fingerprint density at radius 2 is 2.46 bits per heavy atom. The Kier molecular flexibility index (Phi) is 2.05. The number of ketones is 1. The van der Waals surface area contributed by atoms with Gasteiger partial charge >= 0.3 is 0 Å². The fourth-order valence-corrected chi connectivity index (χ4v) is 1.43. The highest BCUT2D eigenvalue weighted by Crippen LogP contribution is 2.32. The first-order valence-electron chi connectivity index (χ1n) is 4.62. The lowest BCUT2D eigenvalue weighted by Gasteiger charge is -1.95. The van der Waals surface area contributed by atoms with E-state index < -0.39 is 0 Å². The van der Waals surface area contributed by atoms with Crippen LogP contribution in [0, 0.1) is 5.92 Å². The van der Waals surface area contributed by atoms with Crippen molar-refractivity contribution in [2.24, 2.45) is 5.92 Å². The summed E-state index contributed by atoms with van der Waals surface area (Å²) in [5, 5.41) is 0. The molecule has 0 spiro atoms. The fourth-order valence-electron chi connectivity index (χ4n) is 1.43. The largest absolute Gasteiger partial charge is 0.350 e. The SMILES string of the molecule is C=CCn1ccc(C(=O)C2CC2)c1. The summed E-state index contributed by atoms with van der Waals surface area (Å²) in [6, 6.07) is 1.89. The summed E-state index contributed by atoms with van der Waals surface area (Å²) in [6.45, 7) is 4.43. The maximum Gasteiger partial charge on any atom is 0.167 e. The van der Waals surface area contributed by atoms with Gasteiger partial charge in [-0.25, -0.2) is 0 Å². The van der Waals surface area contributed by atoms with Gasteiger partial charge in [-0.05, 0) is 18.9 Å². The third kappa shape index (κ3) is 1.72. The first kappa shape index (κ1) is 8.30. The molecular weight excluding hydrogens is 162 g/mol. The number of hydrogen-bond donors (Lipinski definition) is 0. The second-order valence-corrected chi connectivity index (χ2v) is 3.52. The van der Waals surface area contributed by atoms with E-state index in [1.54, 1.807) is 0 Å². The molecule has 0 aromatic carbocycles. The van der Waals surface area contributed by atoms with E-state index in [4.69, 9.17) is 0 Å². The minimum absolute atomic E-state index is 0.308. The van der Waals surface area contributed by atoms with E-state index in [2.05, 4.69) is 6.58 Å². The predicted octanol–water partition coefficient (Wildman–Crippen LogP) is 2.27. The highest BCUT2D eigenvalue weighted by atomic mass is 16.1. The predicted molar refractivity (Wildman–Crippen MR) is 51.7 cm³/mol. The summed E-state index contributed by atoms with van der Waals surface area (Å²) in [6.07, 6.45) is 7.81. The van der Waals surface area contributed by atoms with Crippen LogP contribution in [0.15, 0.2) is 31.1 Å². The van der Waals surface area contributed by atoms with Crippen molar-refractivity contribution in [3.63, 3.8) is 0 Å². The van der Waals surface area contributed by atoms with Gasteiger partial charge in [0.15, 0.2) is 5.78 Å². The lowest BCUT2D eigenvalue weighted by Crippen LogP contribution is -1.99. The molecule has 0 unspecified atom stereocenters. The summed E-state index contributed by atoms with van der Waals surface area (Å²) < 4.78 is 1.97. The van der Waals surface area contributed by atoms with E-state index in [0.29, 0.717) is 11.7 Å². The monoisotopic (exact) mass is 175 g/mol. The molecule has 13 heavy (non-hydrogen) atoms. The molecule has 0 aliphatic heterocycles. The molecule has 68 valence electrons. The number of aromatic nitrogens is 1. The molecule has 0 radical (unpaired) electrons. The molecule has 0 saturated heterocycles. The molecule has 1 aromatic heterocycles. The average molecular weight is 175 g/mol. The molecule has 1 saturated carbocycles. The fraction of sp³-hybridized carbons (Fsp3) is 0.364. The number of carbonyl (C=O) groups is 1. The van der Waals surface area contributed by atoms with Crippen molar-refractivity contribution in [2.45, 2.75) is 19.4 Å². The topological polar surface area (TPSA) is 22.0 Å². The lowest BCUT2D eigenvalue weighted by atomic mass is 10.1. The van der Waals surface area contributed by atoms with Crippen molar-refractivity contribution in [1.29, 1.82) is 0 Å². The minimum atomic E-state index is 0.308. The Hall–Kier alpha value is -1.31. The van der Waals surface area contributed by atoms with E-state index in [9.17, 15) is 4.79 Å². The Morgan fingerprint density at radius 1 is 1.69 bits per heavy atom. The summed E-state index contributed by atoms with van der Waals surface area (Å²) in [5.41, 5.74) is 0.851. The molecule has 2 nitrogen and oxygen atoms in total. The molecule has 1 aliphatic carbocycles. The average Bonchev–Trinajstić information content (AvgIpc) is 2.87. The van der Waals surface area contributed by atoms with Crippen LogP contribution in [0.3, 0.4) is 0 Å². The van der Waals surface area contributed by atoms with Crippen LogP contribution in [0.5, 0.6) is 0 Å². The van der Waals surface area contributed by atoms with Gasteiger partial charge < -0.3 is 4.57 Å². The van der Waals surface area contributed by atoms with Crippen LogP contribution in [0.4, 0.5) is 0 Å². The highest BCUT2D eigenvalue weighted by molar-refractivity contribution is 5.99. The number of carbonyl (C=O) groups excluding carboxylic acids is 1. The maximum absolute atomic E-state index is 11.6. The number of allylic oxidation sites excluding steroid dienone is 1. The summed E-state index contributed by atoms with van der Waals surface area (Å²) in [7, 11) is 0. The van der Waals surface area contributed by atoms with Gasteiger partial charge in [0.25, 0.3) is 0 Å². The van der Waals surface area contributed by atoms with Gasteiger partial charge in [-0.15, -0.1) is 6.58 Å². The zero-order valence-electron chi connectivity index (χ0n) is 7.57. The van der Waals surface area contributed by atoms with Gasteiger partial charge in [0.1, 0.15) is 0 Å². The van der Waals surface area contributed by atoms with Crippen molar-refractivity contribution in [3.8, 4) is 0 Å². The van der Waals surface area contributed by atoms with Gasteiger partial charge in [0.05, 0.1) is 0 Å². The molecule has 1 heterocycles. The second kappa shape index (κ2) is 3.21. The lowest BCUT2D eigenvalue weighted by molar-refractivity contribution is 0.0967. The summed E-state index contributed by atoms with van der Waals surface area (Å²) in [4.78, 5) is 11.6. The normalized spacial score (nSPS) is 15.7.